The van der Waals surface area contributed by atoms with Crippen molar-refractivity contribution in [3.63, 3.8) is 0 Å². The van der Waals surface area contributed by atoms with Gasteiger partial charge in [-0.25, -0.2) is 0 Å². The van der Waals surface area contributed by atoms with E-state index in [-0.39, 0.29) is 11.9 Å². The molecule has 0 unspecified atom stereocenters. The van der Waals surface area contributed by atoms with Crippen LogP contribution in [0.15, 0.2) is 63.8 Å². The van der Waals surface area contributed by atoms with Crippen molar-refractivity contribution in [2.24, 2.45) is 0 Å². The molecular weight excluding hydrogens is 402 g/mol. The molecule has 146 valence electrons. The second kappa shape index (κ2) is 7.93. The third-order valence-electron chi connectivity index (χ3n) is 5.16. The Morgan fingerprint density at radius 2 is 2.00 bits per heavy atom. The molecule has 5 nitrogen and oxygen atoms in total. The first-order valence-electron chi connectivity index (χ1n) is 9.57. The number of fused-ring (bicyclic) bond motifs is 1. The van der Waals surface area contributed by atoms with Gasteiger partial charge < -0.3 is 9.42 Å². The van der Waals surface area contributed by atoms with Gasteiger partial charge in [-0.2, -0.15) is 4.98 Å². The number of thiophene rings is 2. The van der Waals surface area contributed by atoms with Crippen molar-refractivity contribution in [2.75, 3.05) is 6.54 Å². The number of aryl methyl sites for hydroxylation is 1. The Morgan fingerprint density at radius 3 is 2.83 bits per heavy atom. The first kappa shape index (κ1) is 18.3. The highest BCUT2D eigenvalue weighted by Crippen LogP contribution is 2.38. The normalized spacial score (nSPS) is 16.0. The minimum absolute atomic E-state index is 0.0249. The van der Waals surface area contributed by atoms with Crippen molar-refractivity contribution in [2.45, 2.75) is 25.3 Å². The fraction of sp³-hybridized carbons (Fsp3) is 0.227. The van der Waals surface area contributed by atoms with Gasteiger partial charge in [-0.15, -0.1) is 22.7 Å². The molecule has 0 N–H and O–H groups in total. The third-order valence-corrected chi connectivity index (χ3v) is 7.03. The third kappa shape index (κ3) is 3.63. The summed E-state index contributed by atoms with van der Waals surface area (Å²) >= 11 is 3.35. The number of hydrogen-bond acceptors (Lipinski definition) is 6. The Bertz CT molecular complexity index is 1100. The maximum atomic E-state index is 13.2. The van der Waals surface area contributed by atoms with Crippen molar-refractivity contribution < 1.29 is 9.32 Å². The Hall–Kier alpha value is -2.77. The molecule has 1 aliphatic rings. The van der Waals surface area contributed by atoms with Crippen LogP contribution < -0.4 is 0 Å². The van der Waals surface area contributed by atoms with E-state index < -0.39 is 0 Å². The van der Waals surface area contributed by atoms with Crippen LogP contribution in [0.25, 0.3) is 10.7 Å². The summed E-state index contributed by atoms with van der Waals surface area (Å²) in [5.74, 6) is 1.21. The smallest absolute Gasteiger partial charge is 0.227 e. The van der Waals surface area contributed by atoms with Crippen LogP contribution in [0.2, 0.25) is 0 Å². The standard InChI is InChI=1S/C22H19N3O2S2/c26-20(9-8-19-23-22(24-27-19)18-7-4-13-28-18)25-12-10-17-16(11-14-29-17)21(25)15-5-2-1-3-6-15/h1-7,11,13-14,21H,8-10,12H2/t21-/m1/s1. The summed E-state index contributed by atoms with van der Waals surface area (Å²) in [7, 11) is 0. The van der Waals surface area contributed by atoms with E-state index in [0.29, 0.717) is 24.6 Å². The van der Waals surface area contributed by atoms with E-state index in [4.69, 9.17) is 4.52 Å². The zero-order chi connectivity index (χ0) is 19.6. The quantitative estimate of drug-likeness (QED) is 0.457. The van der Waals surface area contributed by atoms with E-state index in [9.17, 15) is 4.79 Å². The molecule has 1 atom stereocenters. The maximum Gasteiger partial charge on any atom is 0.227 e. The molecule has 4 aromatic rings. The molecule has 1 amide bonds. The second-order valence-corrected chi connectivity index (χ2v) is 8.89. The molecule has 29 heavy (non-hydrogen) atoms. The molecule has 4 heterocycles. The fourth-order valence-corrected chi connectivity index (χ4v) is 5.35. The first-order valence-corrected chi connectivity index (χ1v) is 11.3. The number of hydrogen-bond donors (Lipinski definition) is 0. The van der Waals surface area contributed by atoms with Gasteiger partial charge in [0, 0.05) is 24.3 Å². The summed E-state index contributed by atoms with van der Waals surface area (Å²) in [6.07, 6.45) is 1.71. The van der Waals surface area contributed by atoms with Crippen LogP contribution in [0, 0.1) is 0 Å². The van der Waals surface area contributed by atoms with Gasteiger partial charge in [-0.3, -0.25) is 4.79 Å². The topological polar surface area (TPSA) is 59.2 Å². The lowest BCUT2D eigenvalue weighted by molar-refractivity contribution is -0.133. The lowest BCUT2D eigenvalue weighted by atomic mass is 9.93. The maximum absolute atomic E-state index is 13.2. The summed E-state index contributed by atoms with van der Waals surface area (Å²) in [4.78, 5) is 21.9. The molecule has 1 aliphatic heterocycles. The SMILES string of the molecule is O=C(CCc1nc(-c2cccs2)no1)N1CCc2sccc2[C@H]1c1ccccc1. The van der Waals surface area contributed by atoms with E-state index in [1.807, 2.05) is 40.6 Å². The first-order chi connectivity index (χ1) is 14.3. The number of nitrogens with zero attached hydrogens (tertiary/aromatic N) is 3. The zero-order valence-corrected chi connectivity index (χ0v) is 17.3. The van der Waals surface area contributed by atoms with Crippen LogP contribution in [0.5, 0.6) is 0 Å². The predicted octanol–water partition coefficient (Wildman–Crippen LogP) is 4.97. The molecule has 0 radical (unpaired) electrons. The highest BCUT2D eigenvalue weighted by molar-refractivity contribution is 7.13. The average Bonchev–Trinajstić information content (AvgIpc) is 3.52. The summed E-state index contributed by atoms with van der Waals surface area (Å²) in [5, 5.41) is 8.14. The number of carbonyl (C=O) groups is 1. The van der Waals surface area contributed by atoms with Gasteiger partial charge in [0.05, 0.1) is 10.9 Å². The second-order valence-electron chi connectivity index (χ2n) is 6.94. The number of carbonyl (C=O) groups excluding carboxylic acids is 1. The molecule has 0 saturated heterocycles. The van der Waals surface area contributed by atoms with Crippen molar-refractivity contribution in [1.82, 2.24) is 15.0 Å². The highest BCUT2D eigenvalue weighted by Gasteiger charge is 2.32. The molecule has 0 saturated carbocycles. The van der Waals surface area contributed by atoms with Gasteiger partial charge in [-0.05, 0) is 40.4 Å². The monoisotopic (exact) mass is 421 g/mol. The Morgan fingerprint density at radius 1 is 1.10 bits per heavy atom. The number of rotatable bonds is 5. The lowest BCUT2D eigenvalue weighted by Gasteiger charge is -2.36. The summed E-state index contributed by atoms with van der Waals surface area (Å²) in [6.45, 7) is 0.732. The minimum Gasteiger partial charge on any atom is -0.339 e. The number of amides is 1. The zero-order valence-electron chi connectivity index (χ0n) is 15.7. The number of benzene rings is 1. The van der Waals surface area contributed by atoms with Crippen molar-refractivity contribution in [1.29, 1.82) is 0 Å². The van der Waals surface area contributed by atoms with Crippen LogP contribution in [-0.2, 0) is 17.6 Å². The molecule has 0 aliphatic carbocycles. The van der Waals surface area contributed by atoms with Gasteiger partial charge in [0.2, 0.25) is 17.6 Å². The summed E-state index contributed by atoms with van der Waals surface area (Å²) < 4.78 is 5.36. The van der Waals surface area contributed by atoms with E-state index in [1.165, 1.54) is 10.4 Å². The number of aromatic nitrogens is 2. The average molecular weight is 422 g/mol. The van der Waals surface area contributed by atoms with Gasteiger partial charge in [-0.1, -0.05) is 41.6 Å². The van der Waals surface area contributed by atoms with Gasteiger partial charge in [0.1, 0.15) is 0 Å². The van der Waals surface area contributed by atoms with Gasteiger partial charge in [0.15, 0.2) is 0 Å². The van der Waals surface area contributed by atoms with Gasteiger partial charge in [0.25, 0.3) is 0 Å². The predicted molar refractivity (Wildman–Crippen MR) is 114 cm³/mol. The van der Waals surface area contributed by atoms with E-state index in [1.54, 1.807) is 22.7 Å². The van der Waals surface area contributed by atoms with Crippen LogP contribution in [0.1, 0.15) is 34.4 Å². The highest BCUT2D eigenvalue weighted by atomic mass is 32.1. The molecule has 0 spiro atoms. The molecule has 5 rings (SSSR count). The molecular formula is C22H19N3O2S2. The molecule has 7 heteroatoms. The van der Waals surface area contributed by atoms with Gasteiger partial charge >= 0.3 is 0 Å². The summed E-state index contributed by atoms with van der Waals surface area (Å²) in [6, 6.07) is 16.3. The Kier molecular flexibility index (Phi) is 4.99. The minimum atomic E-state index is -0.0249. The van der Waals surface area contributed by atoms with E-state index in [2.05, 4.69) is 33.7 Å². The van der Waals surface area contributed by atoms with Crippen molar-refractivity contribution in [3.8, 4) is 10.7 Å². The van der Waals surface area contributed by atoms with Crippen molar-refractivity contribution in [3.05, 3.63) is 81.2 Å². The molecule has 3 aromatic heterocycles. The Balaban J connectivity index is 1.33. The van der Waals surface area contributed by atoms with E-state index in [0.717, 1.165) is 23.4 Å². The van der Waals surface area contributed by atoms with Crippen LogP contribution in [0.3, 0.4) is 0 Å². The summed E-state index contributed by atoms with van der Waals surface area (Å²) in [5.41, 5.74) is 2.40. The van der Waals surface area contributed by atoms with Crippen molar-refractivity contribution >= 4 is 28.6 Å². The van der Waals surface area contributed by atoms with Crippen LogP contribution >= 0.6 is 22.7 Å². The Labute approximate surface area is 176 Å². The van der Waals surface area contributed by atoms with Crippen LogP contribution in [0.4, 0.5) is 0 Å². The molecule has 0 fully saturated rings. The van der Waals surface area contributed by atoms with E-state index >= 15 is 0 Å². The fourth-order valence-electron chi connectivity index (χ4n) is 3.80. The molecule has 1 aromatic carbocycles. The lowest BCUT2D eigenvalue weighted by Crippen LogP contribution is -2.40. The largest absolute Gasteiger partial charge is 0.339 e. The van der Waals surface area contributed by atoms with Crippen LogP contribution in [-0.4, -0.2) is 27.5 Å². The molecule has 0 bridgehead atoms.